The summed E-state index contributed by atoms with van der Waals surface area (Å²) >= 11 is 0. The lowest BCUT2D eigenvalue weighted by Gasteiger charge is -2.54. The van der Waals surface area contributed by atoms with Gasteiger partial charge in [0, 0.05) is 31.5 Å². The van der Waals surface area contributed by atoms with E-state index in [9.17, 15) is 4.79 Å². The van der Waals surface area contributed by atoms with Crippen LogP contribution >= 0.6 is 0 Å². The summed E-state index contributed by atoms with van der Waals surface area (Å²) in [6.07, 6.45) is 2.18. The minimum absolute atomic E-state index is 0.208. The Morgan fingerprint density at radius 1 is 1.50 bits per heavy atom. The van der Waals surface area contributed by atoms with Crippen molar-refractivity contribution in [2.75, 3.05) is 20.2 Å². The van der Waals surface area contributed by atoms with Crippen LogP contribution in [0.5, 0.6) is 0 Å². The number of Topliss-reactive ketones (excluding diaryl/α,β-unsaturated/α-hetero) is 1. The maximum absolute atomic E-state index is 11.2. The van der Waals surface area contributed by atoms with Crippen molar-refractivity contribution in [3.05, 3.63) is 0 Å². The number of ether oxygens (including phenoxy) is 1. The van der Waals surface area contributed by atoms with E-state index in [2.05, 4.69) is 18.7 Å². The minimum atomic E-state index is 0.208. The molecule has 0 bridgehead atoms. The van der Waals surface area contributed by atoms with E-state index in [0.717, 1.165) is 19.4 Å². The number of nitrogens with zero attached hydrogens (tertiary/aromatic N) is 1. The maximum Gasteiger partial charge on any atom is 0.148 e. The number of carbonyl (C=O) groups is 1. The molecule has 1 aliphatic carbocycles. The predicted octanol–water partition coefficient (Wildman–Crippen LogP) is 1.07. The van der Waals surface area contributed by atoms with E-state index < -0.39 is 0 Å². The van der Waals surface area contributed by atoms with Crippen LogP contribution in [0.1, 0.15) is 26.7 Å². The number of rotatable bonds is 2. The van der Waals surface area contributed by atoms with Crippen molar-refractivity contribution in [1.29, 1.82) is 0 Å². The number of ketones is 1. The topological polar surface area (TPSA) is 29.5 Å². The van der Waals surface area contributed by atoms with Crippen molar-refractivity contribution >= 4 is 5.78 Å². The van der Waals surface area contributed by atoms with Gasteiger partial charge >= 0.3 is 0 Å². The normalized spacial score (nSPS) is 37.2. The zero-order valence-electron chi connectivity index (χ0n) is 9.25. The summed E-state index contributed by atoms with van der Waals surface area (Å²) in [7, 11) is 1.78. The van der Waals surface area contributed by atoms with Crippen LogP contribution < -0.4 is 0 Å². The van der Waals surface area contributed by atoms with Crippen LogP contribution in [0.25, 0.3) is 0 Å². The first-order chi connectivity index (χ1) is 6.55. The Morgan fingerprint density at radius 2 is 2.21 bits per heavy atom. The molecule has 1 saturated heterocycles. The standard InChI is InChI=1S/C11H19NO2/c1-11(2)9(6-10(11)14-3)12-5-4-8(13)7-12/h9-10H,4-7H2,1-3H3. The first kappa shape index (κ1) is 10.1. The Labute approximate surface area is 85.4 Å². The fraction of sp³-hybridized carbons (Fsp3) is 0.909. The molecule has 2 unspecified atom stereocenters. The average molecular weight is 197 g/mol. The number of hydrogen-bond donors (Lipinski definition) is 0. The van der Waals surface area contributed by atoms with Gasteiger partial charge in [-0.3, -0.25) is 9.69 Å². The van der Waals surface area contributed by atoms with E-state index in [-0.39, 0.29) is 5.41 Å². The highest BCUT2D eigenvalue weighted by atomic mass is 16.5. The highest BCUT2D eigenvalue weighted by Crippen LogP contribution is 2.46. The lowest BCUT2D eigenvalue weighted by molar-refractivity contribution is -0.136. The van der Waals surface area contributed by atoms with Gasteiger partial charge in [-0.05, 0) is 6.42 Å². The molecule has 0 radical (unpaired) electrons. The van der Waals surface area contributed by atoms with Gasteiger partial charge in [0.2, 0.25) is 0 Å². The quantitative estimate of drug-likeness (QED) is 0.663. The van der Waals surface area contributed by atoms with Crippen molar-refractivity contribution in [1.82, 2.24) is 4.90 Å². The zero-order valence-corrected chi connectivity index (χ0v) is 9.25. The summed E-state index contributed by atoms with van der Waals surface area (Å²) in [5.41, 5.74) is 0.208. The molecule has 0 amide bonds. The molecular formula is C11H19NO2. The molecule has 0 aromatic carbocycles. The molecule has 0 N–H and O–H groups in total. The van der Waals surface area contributed by atoms with Crippen LogP contribution in [-0.2, 0) is 9.53 Å². The lowest BCUT2D eigenvalue weighted by atomic mass is 9.64. The Hall–Kier alpha value is -0.410. The van der Waals surface area contributed by atoms with Gasteiger partial charge in [0.1, 0.15) is 5.78 Å². The number of hydrogen-bond acceptors (Lipinski definition) is 3. The van der Waals surface area contributed by atoms with Crippen molar-refractivity contribution in [3.63, 3.8) is 0 Å². The van der Waals surface area contributed by atoms with Crippen LogP contribution in [0.15, 0.2) is 0 Å². The van der Waals surface area contributed by atoms with Crippen molar-refractivity contribution in [2.45, 2.75) is 38.8 Å². The second-order valence-corrected chi connectivity index (χ2v) is 5.06. The van der Waals surface area contributed by atoms with Crippen LogP contribution in [0, 0.1) is 5.41 Å². The Balaban J connectivity index is 1.98. The van der Waals surface area contributed by atoms with Crippen molar-refractivity contribution in [2.24, 2.45) is 5.41 Å². The molecule has 1 heterocycles. The summed E-state index contributed by atoms with van der Waals surface area (Å²) in [6.45, 7) is 6.07. The largest absolute Gasteiger partial charge is 0.381 e. The molecule has 2 atom stereocenters. The third kappa shape index (κ3) is 1.39. The molecule has 1 aliphatic heterocycles. The SMILES string of the molecule is COC1CC(N2CCC(=O)C2)C1(C)C. The molecule has 0 aromatic rings. The summed E-state index contributed by atoms with van der Waals surface area (Å²) in [5, 5.41) is 0. The molecule has 0 spiro atoms. The molecule has 3 nitrogen and oxygen atoms in total. The lowest BCUT2D eigenvalue weighted by Crippen LogP contribution is -2.61. The average Bonchev–Trinajstić information content (AvgIpc) is 2.51. The number of carbonyl (C=O) groups excluding carboxylic acids is 1. The number of likely N-dealkylation sites (tertiary alicyclic amines) is 1. The second-order valence-electron chi connectivity index (χ2n) is 5.06. The summed E-state index contributed by atoms with van der Waals surface area (Å²) in [6, 6.07) is 0.541. The third-order valence-corrected chi connectivity index (χ3v) is 3.91. The fourth-order valence-corrected chi connectivity index (χ4v) is 2.80. The highest BCUT2D eigenvalue weighted by Gasteiger charge is 2.51. The molecule has 1 saturated carbocycles. The van der Waals surface area contributed by atoms with Crippen LogP contribution in [0.2, 0.25) is 0 Å². The van der Waals surface area contributed by atoms with Crippen molar-refractivity contribution < 1.29 is 9.53 Å². The molecule has 2 aliphatic rings. The number of methoxy groups -OCH3 is 1. The minimum Gasteiger partial charge on any atom is -0.381 e. The maximum atomic E-state index is 11.2. The van der Waals surface area contributed by atoms with Gasteiger partial charge in [0.15, 0.2) is 0 Å². The van der Waals surface area contributed by atoms with Crippen LogP contribution in [0.3, 0.4) is 0 Å². The van der Waals surface area contributed by atoms with E-state index in [1.807, 2.05) is 0 Å². The first-order valence-electron chi connectivity index (χ1n) is 5.34. The van der Waals surface area contributed by atoms with Crippen molar-refractivity contribution in [3.8, 4) is 0 Å². The molecular weight excluding hydrogens is 178 g/mol. The van der Waals surface area contributed by atoms with Gasteiger partial charge in [-0.25, -0.2) is 0 Å². The summed E-state index contributed by atoms with van der Waals surface area (Å²) in [4.78, 5) is 13.5. The Morgan fingerprint density at radius 3 is 2.64 bits per heavy atom. The van der Waals surface area contributed by atoms with E-state index in [1.165, 1.54) is 0 Å². The van der Waals surface area contributed by atoms with E-state index >= 15 is 0 Å². The molecule has 0 aromatic heterocycles. The van der Waals surface area contributed by atoms with Crippen LogP contribution in [0.4, 0.5) is 0 Å². The van der Waals surface area contributed by atoms with Gasteiger partial charge in [0.05, 0.1) is 12.6 Å². The molecule has 14 heavy (non-hydrogen) atoms. The molecule has 3 heteroatoms. The highest BCUT2D eigenvalue weighted by molar-refractivity contribution is 5.82. The smallest absolute Gasteiger partial charge is 0.148 e. The Bertz CT molecular complexity index is 250. The van der Waals surface area contributed by atoms with Gasteiger partial charge in [-0.2, -0.15) is 0 Å². The van der Waals surface area contributed by atoms with Gasteiger partial charge < -0.3 is 4.74 Å². The third-order valence-electron chi connectivity index (χ3n) is 3.91. The molecule has 2 rings (SSSR count). The van der Waals surface area contributed by atoms with Crippen LogP contribution in [-0.4, -0.2) is 43.0 Å². The summed E-state index contributed by atoms with van der Waals surface area (Å²) in [5.74, 6) is 0.390. The first-order valence-corrected chi connectivity index (χ1v) is 5.34. The van der Waals surface area contributed by atoms with E-state index in [1.54, 1.807) is 7.11 Å². The monoisotopic (exact) mass is 197 g/mol. The summed E-state index contributed by atoms with van der Waals surface area (Å²) < 4.78 is 5.41. The predicted molar refractivity (Wildman–Crippen MR) is 54.2 cm³/mol. The molecule has 80 valence electrons. The Kier molecular flexibility index (Phi) is 2.40. The van der Waals surface area contributed by atoms with Gasteiger partial charge in [-0.15, -0.1) is 0 Å². The fourth-order valence-electron chi connectivity index (χ4n) is 2.80. The second kappa shape index (κ2) is 3.31. The van der Waals surface area contributed by atoms with E-state index in [0.29, 0.717) is 24.5 Å². The molecule has 2 fully saturated rings. The van der Waals surface area contributed by atoms with Gasteiger partial charge in [0.25, 0.3) is 0 Å². The van der Waals surface area contributed by atoms with Gasteiger partial charge in [-0.1, -0.05) is 13.8 Å². The van der Waals surface area contributed by atoms with E-state index in [4.69, 9.17) is 4.74 Å². The zero-order chi connectivity index (χ0) is 10.3.